The molecule has 0 aliphatic carbocycles. The lowest BCUT2D eigenvalue weighted by molar-refractivity contribution is 0.144. The van der Waals surface area contributed by atoms with Gasteiger partial charge in [0.2, 0.25) is 0 Å². The van der Waals surface area contributed by atoms with E-state index in [1.54, 1.807) is 0 Å². The molecule has 1 N–H and O–H groups in total. The van der Waals surface area contributed by atoms with Crippen molar-refractivity contribution >= 4 is 0 Å². The van der Waals surface area contributed by atoms with E-state index in [0.717, 1.165) is 18.1 Å². The molecule has 2 nitrogen and oxygen atoms in total. The first kappa shape index (κ1) is 7.56. The number of nitrogens with one attached hydrogen (secondary N) is 1. The highest BCUT2D eigenvalue weighted by Crippen LogP contribution is 2.33. The summed E-state index contributed by atoms with van der Waals surface area (Å²) in [5.74, 6) is 0. The second-order valence-corrected chi connectivity index (χ2v) is 3.94. The Morgan fingerprint density at radius 3 is 2.64 bits per heavy atom. The molecule has 0 saturated carbocycles. The maximum atomic E-state index is 3.42. The fourth-order valence-corrected chi connectivity index (χ4v) is 2.78. The molecule has 64 valence electrons. The van der Waals surface area contributed by atoms with Crippen LogP contribution < -0.4 is 5.32 Å². The van der Waals surface area contributed by atoms with Crippen LogP contribution in [-0.4, -0.2) is 37.1 Å². The highest BCUT2D eigenvalue weighted by Gasteiger charge is 2.39. The lowest BCUT2D eigenvalue weighted by Crippen LogP contribution is -2.50. The lowest BCUT2D eigenvalue weighted by atomic mass is 9.98. The van der Waals surface area contributed by atoms with E-state index >= 15 is 0 Å². The van der Waals surface area contributed by atoms with Crippen LogP contribution in [0.25, 0.3) is 0 Å². The molecule has 0 aromatic rings. The second-order valence-electron chi connectivity index (χ2n) is 3.94. The zero-order chi connectivity index (χ0) is 7.84. The minimum atomic E-state index is 0.763. The molecule has 3 atom stereocenters. The molecule has 0 aromatic carbocycles. The van der Waals surface area contributed by atoms with Crippen LogP contribution in [0.2, 0.25) is 0 Å². The van der Waals surface area contributed by atoms with Gasteiger partial charge < -0.3 is 5.32 Å². The SMILES string of the molecule is CNC1CC[C@@H]2CC[C@H]1N2C. The summed E-state index contributed by atoms with van der Waals surface area (Å²) in [6, 6.07) is 2.50. The van der Waals surface area contributed by atoms with E-state index in [1.165, 1.54) is 25.7 Å². The van der Waals surface area contributed by atoms with Gasteiger partial charge in [-0.05, 0) is 39.8 Å². The topological polar surface area (TPSA) is 15.3 Å². The van der Waals surface area contributed by atoms with Crippen LogP contribution >= 0.6 is 0 Å². The van der Waals surface area contributed by atoms with Gasteiger partial charge in [0, 0.05) is 18.1 Å². The molecule has 0 radical (unpaired) electrons. The molecular weight excluding hydrogens is 136 g/mol. The van der Waals surface area contributed by atoms with Gasteiger partial charge in [0.25, 0.3) is 0 Å². The van der Waals surface area contributed by atoms with E-state index in [2.05, 4.69) is 24.3 Å². The average Bonchev–Trinajstić information content (AvgIpc) is 2.31. The molecule has 2 aliphatic heterocycles. The van der Waals surface area contributed by atoms with Crippen molar-refractivity contribution in [3.8, 4) is 0 Å². The molecule has 11 heavy (non-hydrogen) atoms. The van der Waals surface area contributed by atoms with E-state index < -0.39 is 0 Å². The predicted octanol–water partition coefficient (Wildman–Crippen LogP) is 0.831. The van der Waals surface area contributed by atoms with Gasteiger partial charge in [-0.25, -0.2) is 0 Å². The molecular formula is C9H18N2. The van der Waals surface area contributed by atoms with Crippen LogP contribution in [0, 0.1) is 0 Å². The van der Waals surface area contributed by atoms with Gasteiger partial charge in [-0.15, -0.1) is 0 Å². The lowest BCUT2D eigenvalue weighted by Gasteiger charge is -2.37. The molecule has 0 aromatic heterocycles. The van der Waals surface area contributed by atoms with Gasteiger partial charge in [0.05, 0.1) is 0 Å². The van der Waals surface area contributed by atoms with Crippen LogP contribution in [0.5, 0.6) is 0 Å². The van der Waals surface area contributed by atoms with Crippen molar-refractivity contribution in [3.05, 3.63) is 0 Å². The van der Waals surface area contributed by atoms with E-state index in [1.807, 2.05) is 0 Å². The van der Waals surface area contributed by atoms with E-state index in [4.69, 9.17) is 0 Å². The average molecular weight is 154 g/mol. The predicted molar refractivity (Wildman–Crippen MR) is 46.7 cm³/mol. The molecule has 0 amide bonds. The van der Waals surface area contributed by atoms with Crippen LogP contribution in [0.1, 0.15) is 25.7 Å². The van der Waals surface area contributed by atoms with Crippen molar-refractivity contribution in [2.24, 2.45) is 0 Å². The first-order valence-electron chi connectivity index (χ1n) is 4.72. The third-order valence-corrected chi connectivity index (χ3v) is 3.54. The molecule has 2 bridgehead atoms. The van der Waals surface area contributed by atoms with Crippen molar-refractivity contribution in [2.75, 3.05) is 14.1 Å². The van der Waals surface area contributed by atoms with E-state index in [0.29, 0.717) is 0 Å². The smallest absolute Gasteiger partial charge is 0.0249 e. The summed E-state index contributed by atoms with van der Waals surface area (Å²) in [5, 5.41) is 3.42. The molecule has 2 heterocycles. The Labute approximate surface area is 69.0 Å². The maximum Gasteiger partial charge on any atom is 0.0249 e. The Hall–Kier alpha value is -0.0800. The second kappa shape index (κ2) is 2.76. The summed E-state index contributed by atoms with van der Waals surface area (Å²) in [4.78, 5) is 2.57. The minimum Gasteiger partial charge on any atom is -0.315 e. The molecule has 2 aliphatic rings. The Morgan fingerprint density at radius 2 is 1.91 bits per heavy atom. The number of piperidine rings is 1. The summed E-state index contributed by atoms with van der Waals surface area (Å²) in [5.41, 5.74) is 0. The zero-order valence-electron chi connectivity index (χ0n) is 7.51. The summed E-state index contributed by atoms with van der Waals surface area (Å²) in [6.07, 6.45) is 5.63. The van der Waals surface area contributed by atoms with Crippen LogP contribution in [0.15, 0.2) is 0 Å². The number of nitrogens with zero attached hydrogens (tertiary/aromatic N) is 1. The minimum absolute atomic E-state index is 0.763. The number of rotatable bonds is 1. The molecule has 2 fully saturated rings. The number of fused-ring (bicyclic) bond motifs is 2. The summed E-state index contributed by atoms with van der Waals surface area (Å²) < 4.78 is 0. The Kier molecular flexibility index (Phi) is 1.90. The van der Waals surface area contributed by atoms with Gasteiger partial charge in [0.1, 0.15) is 0 Å². The normalized spacial score (nSPS) is 44.7. The number of likely N-dealkylation sites (N-methyl/N-ethyl adjacent to an activating group) is 2. The molecule has 0 spiro atoms. The van der Waals surface area contributed by atoms with Gasteiger partial charge in [-0.3, -0.25) is 4.90 Å². The first-order chi connectivity index (χ1) is 5.33. The fourth-order valence-electron chi connectivity index (χ4n) is 2.78. The first-order valence-corrected chi connectivity index (χ1v) is 4.72. The standard InChI is InChI=1S/C9H18N2/c1-10-8-5-3-7-4-6-9(8)11(7)2/h7-10H,3-6H2,1-2H3/t7-,8?,9-/m1/s1. The van der Waals surface area contributed by atoms with Crippen molar-refractivity contribution in [1.82, 2.24) is 10.2 Å². The third-order valence-electron chi connectivity index (χ3n) is 3.54. The Morgan fingerprint density at radius 1 is 1.18 bits per heavy atom. The largest absolute Gasteiger partial charge is 0.315 e. The van der Waals surface area contributed by atoms with Crippen molar-refractivity contribution in [1.29, 1.82) is 0 Å². The molecule has 2 saturated heterocycles. The molecule has 2 rings (SSSR count). The van der Waals surface area contributed by atoms with Crippen LogP contribution in [0.4, 0.5) is 0 Å². The number of hydrogen-bond acceptors (Lipinski definition) is 2. The van der Waals surface area contributed by atoms with Crippen molar-refractivity contribution < 1.29 is 0 Å². The highest BCUT2D eigenvalue weighted by molar-refractivity contribution is 4.97. The Balaban J connectivity index is 2.08. The summed E-state index contributed by atoms with van der Waals surface area (Å²) in [7, 11) is 4.38. The zero-order valence-corrected chi connectivity index (χ0v) is 7.51. The molecule has 2 heteroatoms. The van der Waals surface area contributed by atoms with E-state index in [-0.39, 0.29) is 0 Å². The van der Waals surface area contributed by atoms with Crippen molar-refractivity contribution in [3.63, 3.8) is 0 Å². The van der Waals surface area contributed by atoms with Crippen molar-refractivity contribution in [2.45, 2.75) is 43.8 Å². The van der Waals surface area contributed by atoms with Crippen LogP contribution in [0.3, 0.4) is 0 Å². The van der Waals surface area contributed by atoms with Gasteiger partial charge in [0.15, 0.2) is 0 Å². The van der Waals surface area contributed by atoms with Crippen LogP contribution in [-0.2, 0) is 0 Å². The summed E-state index contributed by atoms with van der Waals surface area (Å²) >= 11 is 0. The van der Waals surface area contributed by atoms with Gasteiger partial charge in [-0.2, -0.15) is 0 Å². The van der Waals surface area contributed by atoms with Gasteiger partial charge >= 0.3 is 0 Å². The number of hydrogen-bond donors (Lipinski definition) is 1. The Bertz CT molecular complexity index is 146. The fraction of sp³-hybridized carbons (Fsp3) is 1.00. The molecule has 1 unspecified atom stereocenters. The van der Waals surface area contributed by atoms with E-state index in [9.17, 15) is 0 Å². The highest BCUT2D eigenvalue weighted by atomic mass is 15.2. The summed E-state index contributed by atoms with van der Waals surface area (Å²) in [6.45, 7) is 0. The maximum absolute atomic E-state index is 3.42. The quantitative estimate of drug-likeness (QED) is 0.602. The van der Waals surface area contributed by atoms with Gasteiger partial charge in [-0.1, -0.05) is 0 Å². The third kappa shape index (κ3) is 1.09. The monoisotopic (exact) mass is 154 g/mol.